The second kappa shape index (κ2) is 6.84. The van der Waals surface area contributed by atoms with E-state index in [9.17, 15) is 4.79 Å². The lowest BCUT2D eigenvalue weighted by molar-refractivity contribution is 0.0717. The van der Waals surface area contributed by atoms with Crippen molar-refractivity contribution in [2.45, 2.75) is 26.9 Å². The van der Waals surface area contributed by atoms with Crippen LogP contribution in [0.25, 0.3) is 0 Å². The monoisotopic (exact) mass is 325 g/mol. The summed E-state index contributed by atoms with van der Waals surface area (Å²) in [6, 6.07) is 11.8. The Morgan fingerprint density at radius 1 is 1.17 bits per heavy atom. The van der Waals surface area contributed by atoms with Crippen LogP contribution >= 0.6 is 11.3 Å². The maximum absolute atomic E-state index is 13.1. The van der Waals surface area contributed by atoms with Gasteiger partial charge in [0, 0.05) is 12.1 Å². The molecule has 0 aliphatic heterocycles. The summed E-state index contributed by atoms with van der Waals surface area (Å²) < 4.78 is 5.43. The zero-order valence-electron chi connectivity index (χ0n) is 13.3. The number of hydrogen-bond donors (Lipinski definition) is 0. The van der Waals surface area contributed by atoms with Gasteiger partial charge in [-0.2, -0.15) is 11.3 Å². The number of carbonyl (C=O) groups excluding carboxylic acids is 1. The van der Waals surface area contributed by atoms with E-state index >= 15 is 0 Å². The summed E-state index contributed by atoms with van der Waals surface area (Å²) >= 11 is 1.64. The number of furan rings is 1. The summed E-state index contributed by atoms with van der Waals surface area (Å²) in [5, 5.41) is 4.11. The molecule has 0 aliphatic rings. The fraction of sp³-hybridized carbons (Fsp3) is 0.211. The number of hydrogen-bond acceptors (Lipinski definition) is 3. The number of aryl methyl sites for hydroxylation is 2. The van der Waals surface area contributed by atoms with Gasteiger partial charge in [0.2, 0.25) is 0 Å². The smallest absolute Gasteiger partial charge is 0.254 e. The summed E-state index contributed by atoms with van der Waals surface area (Å²) in [7, 11) is 0. The molecule has 0 atom stereocenters. The first-order valence-corrected chi connectivity index (χ1v) is 8.48. The molecule has 118 valence electrons. The third kappa shape index (κ3) is 3.71. The maximum atomic E-state index is 13.1. The van der Waals surface area contributed by atoms with Crippen molar-refractivity contribution in [3.63, 3.8) is 0 Å². The second-order valence-corrected chi connectivity index (χ2v) is 6.47. The van der Waals surface area contributed by atoms with E-state index in [2.05, 4.69) is 11.4 Å². The molecule has 2 aromatic heterocycles. The molecule has 0 spiro atoms. The summed E-state index contributed by atoms with van der Waals surface area (Å²) in [6.45, 7) is 5.03. The summed E-state index contributed by atoms with van der Waals surface area (Å²) in [4.78, 5) is 14.9. The molecule has 0 bridgehead atoms. The van der Waals surface area contributed by atoms with Crippen LogP contribution in [0.3, 0.4) is 0 Å². The van der Waals surface area contributed by atoms with Crippen molar-refractivity contribution in [3.05, 3.63) is 81.4 Å². The van der Waals surface area contributed by atoms with Crippen LogP contribution in [0.15, 0.2) is 57.8 Å². The van der Waals surface area contributed by atoms with Crippen LogP contribution in [0.2, 0.25) is 0 Å². The largest absolute Gasteiger partial charge is 0.467 e. The fourth-order valence-electron chi connectivity index (χ4n) is 2.53. The number of thiophene rings is 1. The lowest BCUT2D eigenvalue weighted by Gasteiger charge is -2.22. The molecule has 0 radical (unpaired) electrons. The van der Waals surface area contributed by atoms with Crippen molar-refractivity contribution in [1.29, 1.82) is 0 Å². The number of rotatable bonds is 5. The van der Waals surface area contributed by atoms with Gasteiger partial charge in [0.15, 0.2) is 0 Å². The molecule has 1 amide bonds. The van der Waals surface area contributed by atoms with E-state index in [1.54, 1.807) is 17.6 Å². The first-order chi connectivity index (χ1) is 11.1. The standard InChI is InChI=1S/C19H19NO2S/c1-14-5-6-15(2)18(10-14)19(21)20(11-16-7-9-23-13-16)12-17-4-3-8-22-17/h3-10,13H,11-12H2,1-2H3. The molecule has 0 saturated carbocycles. The van der Waals surface area contributed by atoms with E-state index in [4.69, 9.17) is 4.42 Å². The highest BCUT2D eigenvalue weighted by atomic mass is 32.1. The van der Waals surface area contributed by atoms with Gasteiger partial charge in [-0.1, -0.05) is 17.7 Å². The van der Waals surface area contributed by atoms with E-state index < -0.39 is 0 Å². The topological polar surface area (TPSA) is 33.5 Å². The molecule has 3 nitrogen and oxygen atoms in total. The third-order valence-corrected chi connectivity index (χ3v) is 4.52. The second-order valence-electron chi connectivity index (χ2n) is 5.69. The van der Waals surface area contributed by atoms with Gasteiger partial charge in [0.25, 0.3) is 5.91 Å². The molecular formula is C19H19NO2S. The fourth-order valence-corrected chi connectivity index (χ4v) is 3.19. The molecule has 4 heteroatoms. The van der Waals surface area contributed by atoms with Crippen molar-refractivity contribution in [2.24, 2.45) is 0 Å². The van der Waals surface area contributed by atoms with E-state index in [0.29, 0.717) is 13.1 Å². The average Bonchev–Trinajstić information content (AvgIpc) is 3.22. The minimum absolute atomic E-state index is 0.0359. The van der Waals surface area contributed by atoms with Gasteiger partial charge in [-0.3, -0.25) is 4.79 Å². The minimum atomic E-state index is 0.0359. The highest BCUT2D eigenvalue weighted by Gasteiger charge is 2.19. The summed E-state index contributed by atoms with van der Waals surface area (Å²) in [5.74, 6) is 0.827. The normalized spacial score (nSPS) is 10.7. The maximum Gasteiger partial charge on any atom is 0.254 e. The number of carbonyl (C=O) groups is 1. The van der Waals surface area contributed by atoms with Crippen molar-refractivity contribution < 1.29 is 9.21 Å². The number of benzene rings is 1. The first kappa shape index (κ1) is 15.6. The molecule has 3 rings (SSSR count). The predicted octanol–water partition coefficient (Wildman–Crippen LogP) is 4.80. The Morgan fingerprint density at radius 3 is 2.74 bits per heavy atom. The summed E-state index contributed by atoms with van der Waals surface area (Å²) in [6.07, 6.45) is 1.64. The van der Waals surface area contributed by atoms with Crippen LogP contribution in [0.4, 0.5) is 0 Å². The van der Waals surface area contributed by atoms with E-state index in [0.717, 1.165) is 28.0 Å². The van der Waals surface area contributed by atoms with Gasteiger partial charge >= 0.3 is 0 Å². The molecule has 2 heterocycles. The zero-order chi connectivity index (χ0) is 16.2. The molecule has 1 aromatic carbocycles. The van der Waals surface area contributed by atoms with Crippen LogP contribution in [0, 0.1) is 13.8 Å². The van der Waals surface area contributed by atoms with E-state index in [-0.39, 0.29) is 5.91 Å². The Hall–Kier alpha value is -2.33. The Morgan fingerprint density at radius 2 is 2.04 bits per heavy atom. The van der Waals surface area contributed by atoms with Crippen molar-refractivity contribution in [3.8, 4) is 0 Å². The Labute approximate surface area is 140 Å². The lowest BCUT2D eigenvalue weighted by atomic mass is 10.0. The van der Waals surface area contributed by atoms with E-state index in [1.165, 1.54) is 0 Å². The molecule has 0 saturated heterocycles. The molecule has 3 aromatic rings. The van der Waals surface area contributed by atoms with Gasteiger partial charge in [0.05, 0.1) is 12.8 Å². The summed E-state index contributed by atoms with van der Waals surface area (Å²) in [5.41, 5.74) is 3.98. The van der Waals surface area contributed by atoms with Crippen molar-refractivity contribution in [1.82, 2.24) is 4.90 Å². The number of amides is 1. The molecule has 0 unspecified atom stereocenters. The predicted molar refractivity (Wildman–Crippen MR) is 92.5 cm³/mol. The SMILES string of the molecule is Cc1ccc(C)c(C(=O)N(Cc2ccsc2)Cc2ccco2)c1. The Balaban J connectivity index is 1.89. The van der Waals surface area contributed by atoms with Gasteiger partial charge in [-0.25, -0.2) is 0 Å². The van der Waals surface area contributed by atoms with Crippen molar-refractivity contribution >= 4 is 17.2 Å². The van der Waals surface area contributed by atoms with Crippen LogP contribution in [-0.2, 0) is 13.1 Å². The van der Waals surface area contributed by atoms with Crippen LogP contribution in [0.1, 0.15) is 32.8 Å². The van der Waals surface area contributed by atoms with Gasteiger partial charge < -0.3 is 9.32 Å². The van der Waals surface area contributed by atoms with Crippen LogP contribution in [-0.4, -0.2) is 10.8 Å². The zero-order valence-corrected chi connectivity index (χ0v) is 14.1. The van der Waals surface area contributed by atoms with Crippen molar-refractivity contribution in [2.75, 3.05) is 0 Å². The molecule has 0 aliphatic carbocycles. The van der Waals surface area contributed by atoms with Gasteiger partial charge in [-0.15, -0.1) is 0 Å². The quantitative estimate of drug-likeness (QED) is 0.675. The lowest BCUT2D eigenvalue weighted by Crippen LogP contribution is -2.30. The van der Waals surface area contributed by atoms with Gasteiger partial charge in [0.1, 0.15) is 5.76 Å². The molecule has 23 heavy (non-hydrogen) atoms. The molecule has 0 N–H and O–H groups in total. The molecular weight excluding hydrogens is 306 g/mol. The Bertz CT molecular complexity index is 740. The number of nitrogens with zero attached hydrogens (tertiary/aromatic N) is 1. The van der Waals surface area contributed by atoms with Gasteiger partial charge in [-0.05, 0) is 60.0 Å². The Kier molecular flexibility index (Phi) is 4.63. The van der Waals surface area contributed by atoms with Crippen LogP contribution in [0.5, 0.6) is 0 Å². The van der Waals surface area contributed by atoms with Crippen LogP contribution < -0.4 is 0 Å². The van der Waals surface area contributed by atoms with E-state index in [1.807, 2.05) is 54.5 Å². The molecule has 0 fully saturated rings. The third-order valence-electron chi connectivity index (χ3n) is 3.79. The highest BCUT2D eigenvalue weighted by Crippen LogP contribution is 2.19. The highest BCUT2D eigenvalue weighted by molar-refractivity contribution is 7.07. The minimum Gasteiger partial charge on any atom is -0.467 e. The average molecular weight is 325 g/mol. The first-order valence-electron chi connectivity index (χ1n) is 7.53.